The van der Waals surface area contributed by atoms with Crippen LogP contribution in [0, 0.1) is 0 Å². The highest BCUT2D eigenvalue weighted by Gasteiger charge is 2.33. The Morgan fingerprint density at radius 2 is 2.05 bits per heavy atom. The zero-order chi connectivity index (χ0) is 15.5. The maximum absolute atomic E-state index is 11.8. The Morgan fingerprint density at radius 1 is 1.29 bits per heavy atom. The van der Waals surface area contributed by atoms with Gasteiger partial charge in [0, 0.05) is 36.2 Å². The van der Waals surface area contributed by atoms with E-state index in [1.807, 2.05) is 11.8 Å². The van der Waals surface area contributed by atoms with Crippen LogP contribution in [-0.4, -0.2) is 67.2 Å². The SMILES string of the molecule is CC(C)(C)SCCN(C[C@@H]1CCCO1)[C@H]1CCS(=O)(=O)C1. The molecule has 4 nitrogen and oxygen atoms in total. The molecule has 6 heteroatoms. The number of sulfone groups is 1. The summed E-state index contributed by atoms with van der Waals surface area (Å²) in [7, 11) is -2.82. The van der Waals surface area contributed by atoms with Gasteiger partial charge in [-0.1, -0.05) is 20.8 Å². The molecule has 0 amide bonds. The monoisotopic (exact) mass is 335 g/mol. The van der Waals surface area contributed by atoms with Crippen molar-refractivity contribution in [2.45, 2.75) is 56.9 Å². The first-order valence-corrected chi connectivity index (χ1v) is 10.8. The molecule has 0 N–H and O–H groups in total. The minimum absolute atomic E-state index is 0.194. The Labute approximate surface area is 133 Å². The average Bonchev–Trinajstić information content (AvgIpc) is 2.95. The molecule has 21 heavy (non-hydrogen) atoms. The molecule has 0 radical (unpaired) electrons. The summed E-state index contributed by atoms with van der Waals surface area (Å²) in [6.45, 7) is 9.39. The summed E-state index contributed by atoms with van der Waals surface area (Å²) in [5, 5.41) is 0. The summed E-state index contributed by atoms with van der Waals surface area (Å²) in [6, 6.07) is 0.194. The Morgan fingerprint density at radius 3 is 2.57 bits per heavy atom. The number of thioether (sulfide) groups is 1. The van der Waals surface area contributed by atoms with Crippen molar-refractivity contribution in [1.29, 1.82) is 0 Å². The maximum atomic E-state index is 11.8. The zero-order valence-corrected chi connectivity index (χ0v) is 15.1. The smallest absolute Gasteiger partial charge is 0.151 e. The third-order valence-corrected chi connectivity index (χ3v) is 7.10. The summed E-state index contributed by atoms with van der Waals surface area (Å²) in [6.07, 6.45) is 3.34. The second-order valence-corrected chi connectivity index (χ2v) is 11.3. The third kappa shape index (κ3) is 6.08. The number of hydrogen-bond donors (Lipinski definition) is 0. The predicted octanol–water partition coefficient (Wildman–Crippen LogP) is 2.19. The average molecular weight is 336 g/mol. The molecule has 0 saturated carbocycles. The molecule has 0 aromatic carbocycles. The van der Waals surface area contributed by atoms with Crippen LogP contribution in [0.15, 0.2) is 0 Å². The van der Waals surface area contributed by atoms with Crippen molar-refractivity contribution in [2.24, 2.45) is 0 Å². The Kier molecular flexibility index (Phi) is 6.02. The highest BCUT2D eigenvalue weighted by molar-refractivity contribution is 8.00. The molecule has 0 bridgehead atoms. The number of ether oxygens (including phenoxy) is 1. The van der Waals surface area contributed by atoms with Gasteiger partial charge < -0.3 is 4.74 Å². The van der Waals surface area contributed by atoms with Crippen LogP contribution in [-0.2, 0) is 14.6 Å². The molecule has 2 saturated heterocycles. The van der Waals surface area contributed by atoms with E-state index in [-0.39, 0.29) is 10.8 Å². The summed E-state index contributed by atoms with van der Waals surface area (Å²) in [4.78, 5) is 2.37. The van der Waals surface area contributed by atoms with E-state index in [9.17, 15) is 8.42 Å². The van der Waals surface area contributed by atoms with Crippen molar-refractivity contribution in [3.05, 3.63) is 0 Å². The van der Waals surface area contributed by atoms with Crippen LogP contribution in [0.4, 0.5) is 0 Å². The Hall–Kier alpha value is 0.220. The molecule has 0 aromatic rings. The molecule has 0 unspecified atom stereocenters. The van der Waals surface area contributed by atoms with Crippen LogP contribution < -0.4 is 0 Å². The zero-order valence-electron chi connectivity index (χ0n) is 13.5. The maximum Gasteiger partial charge on any atom is 0.151 e. The summed E-state index contributed by atoms with van der Waals surface area (Å²) in [5.41, 5.74) is 0. The first-order chi connectivity index (χ1) is 9.75. The van der Waals surface area contributed by atoms with Crippen molar-refractivity contribution < 1.29 is 13.2 Å². The van der Waals surface area contributed by atoms with Gasteiger partial charge in [0.05, 0.1) is 17.6 Å². The number of hydrogen-bond acceptors (Lipinski definition) is 5. The van der Waals surface area contributed by atoms with E-state index in [2.05, 4.69) is 25.7 Å². The fourth-order valence-electron chi connectivity index (χ4n) is 3.01. The van der Waals surface area contributed by atoms with Gasteiger partial charge in [-0.15, -0.1) is 0 Å². The molecule has 2 aliphatic rings. The van der Waals surface area contributed by atoms with Crippen molar-refractivity contribution in [2.75, 3.05) is 37.0 Å². The van der Waals surface area contributed by atoms with E-state index in [1.165, 1.54) is 0 Å². The van der Waals surface area contributed by atoms with Crippen molar-refractivity contribution in [3.63, 3.8) is 0 Å². The molecule has 2 aliphatic heterocycles. The van der Waals surface area contributed by atoms with Gasteiger partial charge in [-0.25, -0.2) is 8.42 Å². The van der Waals surface area contributed by atoms with Crippen LogP contribution in [0.3, 0.4) is 0 Å². The van der Waals surface area contributed by atoms with Crippen LogP contribution >= 0.6 is 11.8 Å². The van der Waals surface area contributed by atoms with E-state index < -0.39 is 9.84 Å². The molecule has 2 fully saturated rings. The van der Waals surface area contributed by atoms with Crippen LogP contribution in [0.2, 0.25) is 0 Å². The summed E-state index contributed by atoms with van der Waals surface area (Å²) >= 11 is 1.95. The van der Waals surface area contributed by atoms with Gasteiger partial charge in [0.1, 0.15) is 0 Å². The molecular weight excluding hydrogens is 306 g/mol. The van der Waals surface area contributed by atoms with E-state index in [0.717, 1.165) is 44.7 Å². The van der Waals surface area contributed by atoms with Crippen LogP contribution in [0.25, 0.3) is 0 Å². The van der Waals surface area contributed by atoms with Crippen LogP contribution in [0.1, 0.15) is 40.0 Å². The highest BCUT2D eigenvalue weighted by Crippen LogP contribution is 2.25. The molecule has 0 aromatic heterocycles. The van der Waals surface area contributed by atoms with Gasteiger partial charge in [-0.05, 0) is 19.3 Å². The molecule has 2 rings (SSSR count). The minimum Gasteiger partial charge on any atom is -0.377 e. The van der Waals surface area contributed by atoms with Gasteiger partial charge in [0.25, 0.3) is 0 Å². The van der Waals surface area contributed by atoms with Gasteiger partial charge in [-0.2, -0.15) is 11.8 Å². The first kappa shape index (κ1) is 17.6. The van der Waals surface area contributed by atoms with E-state index in [4.69, 9.17) is 4.74 Å². The van der Waals surface area contributed by atoms with Crippen molar-refractivity contribution in [1.82, 2.24) is 4.90 Å². The lowest BCUT2D eigenvalue weighted by atomic mass is 10.1. The minimum atomic E-state index is -2.82. The van der Waals surface area contributed by atoms with E-state index >= 15 is 0 Å². The normalized spacial score (nSPS) is 29.3. The van der Waals surface area contributed by atoms with Crippen LogP contribution in [0.5, 0.6) is 0 Å². The standard InChI is InChI=1S/C15H29NO3S2/c1-15(2,3)20-9-7-16(11-14-5-4-8-19-14)13-6-10-21(17,18)12-13/h13-14H,4-12H2,1-3H3/t13-,14-/m0/s1. The van der Waals surface area contributed by atoms with Gasteiger partial charge in [0.15, 0.2) is 9.84 Å². The number of nitrogens with zero attached hydrogens (tertiary/aromatic N) is 1. The lowest BCUT2D eigenvalue weighted by molar-refractivity contribution is 0.0635. The first-order valence-electron chi connectivity index (χ1n) is 7.95. The lowest BCUT2D eigenvalue weighted by Crippen LogP contribution is -2.42. The van der Waals surface area contributed by atoms with Gasteiger partial charge in [-0.3, -0.25) is 4.90 Å². The van der Waals surface area contributed by atoms with Crippen molar-refractivity contribution in [3.8, 4) is 0 Å². The number of rotatable bonds is 6. The predicted molar refractivity (Wildman–Crippen MR) is 89.8 cm³/mol. The summed E-state index contributed by atoms with van der Waals surface area (Å²) in [5.74, 6) is 1.73. The van der Waals surface area contributed by atoms with Gasteiger partial charge >= 0.3 is 0 Å². The topological polar surface area (TPSA) is 46.6 Å². The third-order valence-electron chi connectivity index (χ3n) is 4.10. The molecule has 2 atom stereocenters. The molecule has 0 aliphatic carbocycles. The fourth-order valence-corrected chi connectivity index (χ4v) is 5.71. The van der Waals surface area contributed by atoms with E-state index in [0.29, 0.717) is 17.6 Å². The Bertz CT molecular complexity index is 425. The fraction of sp³-hybridized carbons (Fsp3) is 1.00. The second kappa shape index (κ2) is 7.20. The van der Waals surface area contributed by atoms with E-state index in [1.54, 1.807) is 0 Å². The lowest BCUT2D eigenvalue weighted by Gasteiger charge is -2.31. The van der Waals surface area contributed by atoms with Crippen molar-refractivity contribution >= 4 is 21.6 Å². The molecule has 0 spiro atoms. The quantitative estimate of drug-likeness (QED) is 0.744. The molecule has 2 heterocycles. The molecule has 124 valence electrons. The molecular formula is C15H29NO3S2. The summed E-state index contributed by atoms with van der Waals surface area (Å²) < 4.78 is 29.5. The Balaban J connectivity index is 1.90. The largest absolute Gasteiger partial charge is 0.377 e. The highest BCUT2D eigenvalue weighted by atomic mass is 32.2. The van der Waals surface area contributed by atoms with Gasteiger partial charge in [0.2, 0.25) is 0 Å². The second-order valence-electron chi connectivity index (χ2n) is 7.15.